The Morgan fingerprint density at radius 2 is 0.143 bits per heavy atom. The molecule has 0 aromatic rings. The van der Waals surface area contributed by atoms with Gasteiger partial charge in [-0.15, -0.1) is 0 Å². The van der Waals surface area contributed by atoms with E-state index in [-0.39, 0.29) is 0 Å². The van der Waals surface area contributed by atoms with Gasteiger partial charge < -0.3 is 0 Å². The second-order valence-corrected chi connectivity index (χ2v) is 7.42. The van der Waals surface area contributed by atoms with Gasteiger partial charge in [-0.25, -0.2) is 0 Å². The highest BCUT2D eigenvalue weighted by Crippen LogP contribution is 2.16. The molecule has 126 valence electrons. The van der Waals surface area contributed by atoms with E-state index in [2.05, 4.69) is 0 Å². The smallest absolute Gasteiger partial charge is 0.0533 e. The van der Waals surface area contributed by atoms with E-state index in [1.165, 1.54) is 135 Å². The molecule has 1 fully saturated rings. The van der Waals surface area contributed by atoms with Gasteiger partial charge in [0.1, 0.15) is 0 Å². The molecule has 0 spiro atoms. The molecule has 0 bridgehead atoms. The first kappa shape index (κ1) is 19.0. The normalized spacial score (nSPS) is 24.0. The van der Waals surface area contributed by atoms with Crippen LogP contribution in [-0.4, -0.2) is 0 Å². The van der Waals surface area contributed by atoms with Crippen molar-refractivity contribution in [3.63, 3.8) is 0 Å². The van der Waals surface area contributed by atoms with Crippen LogP contribution in [0.1, 0.15) is 135 Å². The minimum atomic E-state index is 1.50. The van der Waals surface area contributed by atoms with Crippen LogP contribution in [0, 0.1) is 0 Å². The maximum absolute atomic E-state index is 1.50. The van der Waals surface area contributed by atoms with E-state index in [1.54, 1.807) is 0 Å². The third kappa shape index (κ3) is 14.7. The molecule has 0 N–H and O–H groups in total. The van der Waals surface area contributed by atoms with Gasteiger partial charge in [0.05, 0.1) is 0 Å². The minimum Gasteiger partial charge on any atom is -0.0533 e. The third-order valence-electron chi connectivity index (χ3n) is 5.25. The zero-order valence-electron chi connectivity index (χ0n) is 14.8. The van der Waals surface area contributed by atoms with Gasteiger partial charge in [0.25, 0.3) is 0 Å². The van der Waals surface area contributed by atoms with Crippen LogP contribution in [0.25, 0.3) is 0 Å². The molecular formula is C21H42. The average molecular weight is 295 g/mol. The maximum atomic E-state index is 1.50. The van der Waals surface area contributed by atoms with Crippen molar-refractivity contribution in [1.29, 1.82) is 0 Å². The van der Waals surface area contributed by atoms with Gasteiger partial charge in [-0.05, 0) is 0 Å². The third-order valence-corrected chi connectivity index (χ3v) is 5.25. The van der Waals surface area contributed by atoms with Crippen LogP contribution in [-0.2, 0) is 0 Å². The van der Waals surface area contributed by atoms with Crippen molar-refractivity contribution in [2.75, 3.05) is 0 Å². The Labute approximate surface area is 135 Å². The molecule has 1 aliphatic carbocycles. The van der Waals surface area contributed by atoms with Crippen molar-refractivity contribution in [1.82, 2.24) is 0 Å². The molecule has 0 saturated heterocycles. The van der Waals surface area contributed by atoms with Gasteiger partial charge in [-0.1, -0.05) is 135 Å². The van der Waals surface area contributed by atoms with E-state index in [0.717, 1.165) is 0 Å². The molecule has 0 aromatic heterocycles. The SMILES string of the molecule is C1CCCCCCCCCCCCCCCCCCCC1. The lowest BCUT2D eigenvalue weighted by molar-refractivity contribution is 0.526. The van der Waals surface area contributed by atoms with E-state index in [4.69, 9.17) is 0 Å². The lowest BCUT2D eigenvalue weighted by atomic mass is 10.0. The molecule has 1 rings (SSSR count). The molecular weight excluding hydrogens is 252 g/mol. The van der Waals surface area contributed by atoms with Crippen LogP contribution in [0.2, 0.25) is 0 Å². The van der Waals surface area contributed by atoms with E-state index >= 15 is 0 Å². The van der Waals surface area contributed by atoms with Crippen LogP contribution in [0.4, 0.5) is 0 Å². The number of rotatable bonds is 0. The molecule has 21 heavy (non-hydrogen) atoms. The fraction of sp³-hybridized carbons (Fsp3) is 1.00. The Morgan fingerprint density at radius 3 is 0.190 bits per heavy atom. The minimum absolute atomic E-state index is 1.50. The molecule has 1 aliphatic rings. The quantitative estimate of drug-likeness (QED) is 0.422. The van der Waals surface area contributed by atoms with Gasteiger partial charge in [0.15, 0.2) is 0 Å². The number of hydrogen-bond donors (Lipinski definition) is 0. The summed E-state index contributed by atoms with van der Waals surface area (Å²) in [5.41, 5.74) is 0. The summed E-state index contributed by atoms with van der Waals surface area (Å²) < 4.78 is 0. The molecule has 0 radical (unpaired) electrons. The van der Waals surface area contributed by atoms with E-state index < -0.39 is 0 Å². The van der Waals surface area contributed by atoms with Crippen LogP contribution < -0.4 is 0 Å². The van der Waals surface area contributed by atoms with Gasteiger partial charge in [-0.2, -0.15) is 0 Å². The second kappa shape index (κ2) is 16.4. The van der Waals surface area contributed by atoms with E-state index in [9.17, 15) is 0 Å². The van der Waals surface area contributed by atoms with Crippen LogP contribution >= 0.6 is 0 Å². The average Bonchev–Trinajstić information content (AvgIpc) is 2.50. The Morgan fingerprint density at radius 1 is 0.0952 bits per heavy atom. The highest BCUT2D eigenvalue weighted by molar-refractivity contribution is 4.52. The lowest BCUT2D eigenvalue weighted by Gasteiger charge is -2.03. The van der Waals surface area contributed by atoms with Crippen molar-refractivity contribution < 1.29 is 0 Å². The van der Waals surface area contributed by atoms with Crippen molar-refractivity contribution in [3.05, 3.63) is 0 Å². The summed E-state index contributed by atoms with van der Waals surface area (Å²) in [5, 5.41) is 0. The van der Waals surface area contributed by atoms with Crippen molar-refractivity contribution in [3.8, 4) is 0 Å². The summed E-state index contributed by atoms with van der Waals surface area (Å²) in [7, 11) is 0. The highest BCUT2D eigenvalue weighted by atomic mass is 14.0. The lowest BCUT2D eigenvalue weighted by Crippen LogP contribution is -1.83. The van der Waals surface area contributed by atoms with Gasteiger partial charge in [0.2, 0.25) is 0 Å². The number of hydrogen-bond acceptors (Lipinski definition) is 0. The van der Waals surface area contributed by atoms with Crippen molar-refractivity contribution >= 4 is 0 Å². The predicted molar refractivity (Wildman–Crippen MR) is 97.0 cm³/mol. The zero-order chi connectivity index (χ0) is 14.8. The molecule has 1 saturated carbocycles. The second-order valence-electron chi connectivity index (χ2n) is 7.42. The summed E-state index contributed by atoms with van der Waals surface area (Å²) in [6.45, 7) is 0. The first-order valence-corrected chi connectivity index (χ1v) is 10.5. The van der Waals surface area contributed by atoms with Gasteiger partial charge >= 0.3 is 0 Å². The molecule has 0 heteroatoms. The molecule has 0 unspecified atom stereocenters. The fourth-order valence-electron chi connectivity index (χ4n) is 3.71. The predicted octanol–water partition coefficient (Wildman–Crippen LogP) is 8.19. The topological polar surface area (TPSA) is 0 Å². The van der Waals surface area contributed by atoms with Crippen molar-refractivity contribution in [2.24, 2.45) is 0 Å². The van der Waals surface area contributed by atoms with E-state index in [1.807, 2.05) is 0 Å². The zero-order valence-corrected chi connectivity index (χ0v) is 14.8. The fourth-order valence-corrected chi connectivity index (χ4v) is 3.71. The molecule has 0 nitrogen and oxygen atoms in total. The summed E-state index contributed by atoms with van der Waals surface area (Å²) in [6, 6.07) is 0. The standard InChI is InChI=1S/C21H42/c1-2-4-6-8-10-12-14-16-18-20-21-19-17-15-13-11-9-7-5-3-1/h1-21H2. The molecule has 0 aromatic carbocycles. The Kier molecular flexibility index (Phi) is 14.8. The van der Waals surface area contributed by atoms with Crippen LogP contribution in [0.15, 0.2) is 0 Å². The Bertz CT molecular complexity index is 92.2. The molecule has 0 heterocycles. The molecule has 0 atom stereocenters. The Balaban J connectivity index is 2.00. The summed E-state index contributed by atoms with van der Waals surface area (Å²) >= 11 is 0. The summed E-state index contributed by atoms with van der Waals surface area (Å²) in [5.74, 6) is 0. The van der Waals surface area contributed by atoms with Gasteiger partial charge in [-0.3, -0.25) is 0 Å². The van der Waals surface area contributed by atoms with E-state index in [0.29, 0.717) is 0 Å². The first-order chi connectivity index (χ1) is 10.5. The molecule has 0 aliphatic heterocycles. The summed E-state index contributed by atoms with van der Waals surface area (Å²) in [4.78, 5) is 0. The molecule has 0 amide bonds. The largest absolute Gasteiger partial charge is 0.0533 e. The maximum Gasteiger partial charge on any atom is -0.0533 e. The Hall–Kier alpha value is 0. The van der Waals surface area contributed by atoms with Crippen LogP contribution in [0.5, 0.6) is 0 Å². The van der Waals surface area contributed by atoms with Crippen LogP contribution in [0.3, 0.4) is 0 Å². The van der Waals surface area contributed by atoms with Gasteiger partial charge in [0, 0.05) is 0 Å². The highest BCUT2D eigenvalue weighted by Gasteiger charge is 1.96. The first-order valence-electron chi connectivity index (χ1n) is 10.5. The van der Waals surface area contributed by atoms with Crippen molar-refractivity contribution in [2.45, 2.75) is 135 Å². The summed E-state index contributed by atoms with van der Waals surface area (Å²) in [6.07, 6.45) is 31.5. The monoisotopic (exact) mass is 294 g/mol.